The quantitative estimate of drug-likeness (QED) is 0.202. The number of hydrogen-bond donors (Lipinski definition) is 2. The molecule has 1 saturated heterocycles. The van der Waals surface area contributed by atoms with Crippen molar-refractivity contribution >= 4 is 44.8 Å². The smallest absolute Gasteiger partial charge is 0.227 e. The summed E-state index contributed by atoms with van der Waals surface area (Å²) in [5.41, 5.74) is 8.31. The Kier molecular flexibility index (Phi) is 9.93. The van der Waals surface area contributed by atoms with Crippen LogP contribution < -0.4 is 5.73 Å². The molecule has 1 aliphatic heterocycles. The van der Waals surface area contributed by atoms with E-state index in [1.54, 1.807) is 60.7 Å². The Balaban J connectivity index is 1.62. The molecule has 3 aromatic rings. The molecule has 3 aromatic carbocycles. The number of benzene rings is 3. The van der Waals surface area contributed by atoms with Gasteiger partial charge in [0.2, 0.25) is 5.91 Å². The lowest BCUT2D eigenvalue weighted by atomic mass is 9.91. The standard InChI is InChI=1S/C31H35Cl2N3O3S/c1-2-5-21-12-14-36(15-13-21)31(37)25(17-22-6-3-8-24(16-22)30(34)35)20-40(38,39)27-9-4-7-23(18-27)28-11-10-26(32)19-29(28)33/h3-4,6-11,16,18-19,21,25H,2,5,12-15,17,20H2,1H3,(H3,34,35)/t25-/m1/s1. The Morgan fingerprint density at radius 2 is 1.77 bits per heavy atom. The minimum Gasteiger partial charge on any atom is -0.384 e. The number of hydrogen-bond acceptors (Lipinski definition) is 4. The number of halogens is 2. The lowest BCUT2D eigenvalue weighted by molar-refractivity contribution is -0.136. The molecule has 1 heterocycles. The number of carbonyl (C=O) groups excluding carboxylic acids is 1. The molecule has 0 aromatic heterocycles. The number of likely N-dealkylation sites (tertiary alicyclic amines) is 1. The summed E-state index contributed by atoms with van der Waals surface area (Å²) in [6, 6.07) is 18.8. The number of nitrogen functional groups attached to an aromatic ring is 1. The van der Waals surface area contributed by atoms with Gasteiger partial charge in [0.05, 0.1) is 16.6 Å². The molecule has 0 saturated carbocycles. The van der Waals surface area contributed by atoms with Crippen LogP contribution in [0.25, 0.3) is 11.1 Å². The number of amides is 1. The van der Waals surface area contributed by atoms with Crippen LogP contribution in [0.15, 0.2) is 71.6 Å². The molecule has 0 bridgehead atoms. The van der Waals surface area contributed by atoms with Gasteiger partial charge in [0.15, 0.2) is 9.84 Å². The van der Waals surface area contributed by atoms with Crippen molar-refractivity contribution < 1.29 is 13.2 Å². The monoisotopic (exact) mass is 599 g/mol. The highest BCUT2D eigenvalue weighted by Gasteiger charge is 2.32. The van der Waals surface area contributed by atoms with E-state index in [0.717, 1.165) is 31.2 Å². The Bertz CT molecular complexity index is 1480. The predicted molar refractivity (Wildman–Crippen MR) is 163 cm³/mol. The van der Waals surface area contributed by atoms with Gasteiger partial charge in [-0.2, -0.15) is 0 Å². The van der Waals surface area contributed by atoms with Crippen molar-refractivity contribution in [3.63, 3.8) is 0 Å². The van der Waals surface area contributed by atoms with E-state index < -0.39 is 15.8 Å². The molecule has 0 unspecified atom stereocenters. The lowest BCUT2D eigenvalue weighted by Gasteiger charge is -2.34. The van der Waals surface area contributed by atoms with Crippen LogP contribution in [0.5, 0.6) is 0 Å². The molecule has 212 valence electrons. The van der Waals surface area contributed by atoms with Gasteiger partial charge in [-0.3, -0.25) is 10.2 Å². The maximum absolute atomic E-state index is 13.8. The van der Waals surface area contributed by atoms with Gasteiger partial charge in [-0.05, 0) is 66.6 Å². The molecule has 40 heavy (non-hydrogen) atoms. The zero-order valence-electron chi connectivity index (χ0n) is 22.6. The normalized spacial score (nSPS) is 15.1. The molecule has 1 amide bonds. The van der Waals surface area contributed by atoms with Crippen molar-refractivity contribution in [1.82, 2.24) is 4.90 Å². The molecule has 0 spiro atoms. The van der Waals surface area contributed by atoms with E-state index in [9.17, 15) is 13.2 Å². The highest BCUT2D eigenvalue weighted by Crippen LogP contribution is 2.32. The topological polar surface area (TPSA) is 104 Å². The minimum absolute atomic E-state index is 0.0759. The van der Waals surface area contributed by atoms with Gasteiger partial charge in [-0.25, -0.2) is 8.42 Å². The maximum Gasteiger partial charge on any atom is 0.227 e. The predicted octanol–water partition coefficient (Wildman–Crippen LogP) is 6.62. The second-order valence-corrected chi connectivity index (χ2v) is 13.4. The highest BCUT2D eigenvalue weighted by molar-refractivity contribution is 7.91. The summed E-state index contributed by atoms with van der Waals surface area (Å²) in [5.74, 6) is -0.733. The fourth-order valence-corrected chi connectivity index (χ4v) is 7.51. The van der Waals surface area contributed by atoms with Gasteiger partial charge in [0, 0.05) is 34.3 Å². The first-order valence-corrected chi connectivity index (χ1v) is 16.0. The first-order valence-electron chi connectivity index (χ1n) is 13.6. The summed E-state index contributed by atoms with van der Waals surface area (Å²) in [7, 11) is -3.84. The van der Waals surface area contributed by atoms with Crippen molar-refractivity contribution in [2.45, 2.75) is 43.9 Å². The van der Waals surface area contributed by atoms with Crippen LogP contribution in [-0.4, -0.2) is 43.9 Å². The summed E-state index contributed by atoms with van der Waals surface area (Å²) in [6.07, 6.45) is 4.36. The summed E-state index contributed by atoms with van der Waals surface area (Å²) >= 11 is 12.4. The fraction of sp³-hybridized carbons (Fsp3) is 0.355. The number of rotatable bonds is 10. The van der Waals surface area contributed by atoms with Crippen LogP contribution in [0.1, 0.15) is 43.7 Å². The van der Waals surface area contributed by atoms with E-state index in [4.69, 9.17) is 34.3 Å². The van der Waals surface area contributed by atoms with Gasteiger partial charge < -0.3 is 10.6 Å². The summed E-state index contributed by atoms with van der Waals surface area (Å²) in [6.45, 7) is 3.44. The summed E-state index contributed by atoms with van der Waals surface area (Å²) < 4.78 is 27.6. The van der Waals surface area contributed by atoms with Gasteiger partial charge in [-0.1, -0.05) is 79.4 Å². The van der Waals surface area contributed by atoms with Gasteiger partial charge >= 0.3 is 0 Å². The number of amidine groups is 1. The second-order valence-electron chi connectivity index (χ2n) is 10.5. The molecule has 4 rings (SSSR count). The van der Waals surface area contributed by atoms with Crippen molar-refractivity contribution in [3.8, 4) is 11.1 Å². The van der Waals surface area contributed by atoms with E-state index in [2.05, 4.69) is 6.92 Å². The van der Waals surface area contributed by atoms with Gasteiger partial charge in [0.25, 0.3) is 0 Å². The minimum atomic E-state index is -3.84. The third-order valence-electron chi connectivity index (χ3n) is 7.55. The third-order valence-corrected chi connectivity index (χ3v) is 9.91. The Morgan fingerprint density at radius 3 is 2.45 bits per heavy atom. The zero-order chi connectivity index (χ0) is 28.9. The van der Waals surface area contributed by atoms with E-state index in [0.29, 0.717) is 45.7 Å². The first kappa shape index (κ1) is 30.1. The molecule has 1 aliphatic rings. The van der Waals surface area contributed by atoms with Crippen molar-refractivity contribution in [2.75, 3.05) is 18.8 Å². The molecule has 0 radical (unpaired) electrons. The Labute approximate surface area is 246 Å². The SMILES string of the molecule is CCCC1CCN(C(=O)[C@H](Cc2cccc(C(=N)N)c2)CS(=O)(=O)c2cccc(-c3ccc(Cl)cc3Cl)c2)CC1. The van der Waals surface area contributed by atoms with Crippen LogP contribution >= 0.6 is 23.2 Å². The molecule has 1 fully saturated rings. The van der Waals surface area contributed by atoms with E-state index in [-0.39, 0.29) is 28.8 Å². The molecular weight excluding hydrogens is 565 g/mol. The zero-order valence-corrected chi connectivity index (χ0v) is 24.9. The fourth-order valence-electron chi connectivity index (χ4n) is 5.42. The number of nitrogens with one attached hydrogen (secondary N) is 1. The molecule has 3 N–H and O–H groups in total. The molecule has 0 aliphatic carbocycles. The number of sulfone groups is 1. The van der Waals surface area contributed by atoms with Crippen molar-refractivity contribution in [1.29, 1.82) is 5.41 Å². The van der Waals surface area contributed by atoms with Crippen molar-refractivity contribution in [2.24, 2.45) is 17.6 Å². The summed E-state index contributed by atoms with van der Waals surface area (Å²) in [5, 5.41) is 8.69. The van der Waals surface area contributed by atoms with E-state index in [1.165, 1.54) is 0 Å². The van der Waals surface area contributed by atoms with Crippen LogP contribution in [0.4, 0.5) is 0 Å². The van der Waals surface area contributed by atoms with Crippen LogP contribution in [0.3, 0.4) is 0 Å². The third kappa shape index (κ3) is 7.45. The second kappa shape index (κ2) is 13.2. The molecule has 9 heteroatoms. The highest BCUT2D eigenvalue weighted by atomic mass is 35.5. The lowest BCUT2D eigenvalue weighted by Crippen LogP contribution is -2.44. The largest absolute Gasteiger partial charge is 0.384 e. The Morgan fingerprint density at radius 1 is 1.05 bits per heavy atom. The molecular formula is C31H35Cl2N3O3S. The summed E-state index contributed by atoms with van der Waals surface area (Å²) in [4.78, 5) is 15.8. The van der Waals surface area contributed by atoms with Crippen molar-refractivity contribution in [3.05, 3.63) is 87.9 Å². The average Bonchev–Trinajstić information content (AvgIpc) is 2.93. The average molecular weight is 601 g/mol. The molecule has 6 nitrogen and oxygen atoms in total. The first-order chi connectivity index (χ1) is 19.1. The number of nitrogens with zero attached hydrogens (tertiary/aromatic N) is 1. The van der Waals surface area contributed by atoms with E-state index >= 15 is 0 Å². The van der Waals surface area contributed by atoms with Crippen LogP contribution in [-0.2, 0) is 21.1 Å². The van der Waals surface area contributed by atoms with Crippen LogP contribution in [0.2, 0.25) is 10.0 Å². The number of piperidine rings is 1. The Hall–Kier alpha value is -2.87. The van der Waals surface area contributed by atoms with Gasteiger partial charge in [0.1, 0.15) is 5.84 Å². The number of carbonyl (C=O) groups is 1. The number of nitrogens with two attached hydrogens (primary N) is 1. The maximum atomic E-state index is 13.8. The molecule has 1 atom stereocenters. The van der Waals surface area contributed by atoms with Crippen LogP contribution in [0, 0.1) is 17.2 Å². The van der Waals surface area contributed by atoms with E-state index in [1.807, 2.05) is 11.0 Å². The van der Waals surface area contributed by atoms with Gasteiger partial charge in [-0.15, -0.1) is 0 Å².